The summed E-state index contributed by atoms with van der Waals surface area (Å²) < 4.78 is 0.969. The van der Waals surface area contributed by atoms with Gasteiger partial charge in [0.25, 0.3) is 0 Å². The molecule has 80 valence electrons. The number of benzene rings is 1. The van der Waals surface area contributed by atoms with Crippen molar-refractivity contribution in [2.24, 2.45) is 0 Å². The van der Waals surface area contributed by atoms with Crippen LogP contribution in [0.4, 0.5) is 0 Å². The number of nitrogens with one attached hydrogen (secondary N) is 2. The molecule has 2 heterocycles. The first-order chi connectivity index (χ1) is 7.65. The molecule has 0 bridgehead atoms. The van der Waals surface area contributed by atoms with Gasteiger partial charge in [0, 0.05) is 15.1 Å². The van der Waals surface area contributed by atoms with Crippen molar-refractivity contribution in [2.45, 2.75) is 0 Å². The van der Waals surface area contributed by atoms with Crippen LogP contribution in [-0.2, 0) is 0 Å². The van der Waals surface area contributed by atoms with E-state index in [9.17, 15) is 9.59 Å². The molecule has 16 heavy (non-hydrogen) atoms. The van der Waals surface area contributed by atoms with Gasteiger partial charge in [-0.2, -0.15) is 0 Å². The van der Waals surface area contributed by atoms with E-state index in [0.717, 1.165) is 10.1 Å². The molecule has 0 amide bonds. The molecule has 3 rings (SSSR count). The lowest BCUT2D eigenvalue weighted by molar-refractivity contribution is 1.16. The number of thiophene rings is 1. The third-order valence-electron chi connectivity index (χ3n) is 2.32. The van der Waals surface area contributed by atoms with Crippen molar-refractivity contribution >= 4 is 43.4 Å². The van der Waals surface area contributed by atoms with Gasteiger partial charge in [0.15, 0.2) is 0 Å². The zero-order chi connectivity index (χ0) is 11.3. The fraction of sp³-hybridized carbons (Fsp3) is 0. The van der Waals surface area contributed by atoms with Crippen molar-refractivity contribution in [1.82, 2.24) is 9.97 Å². The van der Waals surface area contributed by atoms with Gasteiger partial charge in [-0.25, -0.2) is 0 Å². The maximum Gasteiger partial charge on any atom is 0.314 e. The molecule has 3 aromatic rings. The first-order valence-corrected chi connectivity index (χ1v) is 5.69. The van der Waals surface area contributed by atoms with Crippen LogP contribution in [0.1, 0.15) is 0 Å². The molecule has 0 unspecified atom stereocenters. The fourth-order valence-electron chi connectivity index (χ4n) is 1.61. The topological polar surface area (TPSA) is 65.7 Å². The highest BCUT2D eigenvalue weighted by molar-refractivity contribution is 7.25. The highest BCUT2D eigenvalue weighted by Gasteiger charge is 2.08. The first kappa shape index (κ1) is 9.62. The summed E-state index contributed by atoms with van der Waals surface area (Å²) in [7, 11) is 0. The minimum atomic E-state index is -0.646. The molecule has 2 aromatic heterocycles. The van der Waals surface area contributed by atoms with E-state index in [-0.39, 0.29) is 0 Å². The van der Waals surface area contributed by atoms with Gasteiger partial charge in [0.2, 0.25) is 0 Å². The summed E-state index contributed by atoms with van der Waals surface area (Å²) >= 11 is 7.30. The highest BCUT2D eigenvalue weighted by Crippen LogP contribution is 2.31. The summed E-state index contributed by atoms with van der Waals surface area (Å²) in [5.41, 5.74) is -0.649. The lowest BCUT2D eigenvalue weighted by atomic mass is 10.2. The zero-order valence-corrected chi connectivity index (χ0v) is 9.41. The van der Waals surface area contributed by atoms with Crippen LogP contribution >= 0.6 is 22.9 Å². The van der Waals surface area contributed by atoms with E-state index in [0.29, 0.717) is 15.4 Å². The molecule has 0 fully saturated rings. The van der Waals surface area contributed by atoms with Crippen molar-refractivity contribution in [3.8, 4) is 0 Å². The minimum Gasteiger partial charge on any atom is -0.315 e. The Morgan fingerprint density at radius 1 is 1.12 bits per heavy atom. The smallest absolute Gasteiger partial charge is 0.314 e. The van der Waals surface area contributed by atoms with E-state index in [4.69, 9.17) is 11.6 Å². The summed E-state index contributed by atoms with van der Waals surface area (Å²) in [6.45, 7) is 0. The normalized spacial score (nSPS) is 11.3. The Balaban J connectivity index is 2.63. The Morgan fingerprint density at radius 2 is 1.88 bits per heavy atom. The fourth-order valence-corrected chi connectivity index (χ4v) is 2.82. The maximum absolute atomic E-state index is 11.2. The average molecular weight is 253 g/mol. The lowest BCUT2D eigenvalue weighted by Gasteiger charge is -1.91. The number of fused-ring (bicyclic) bond motifs is 3. The zero-order valence-electron chi connectivity index (χ0n) is 7.83. The van der Waals surface area contributed by atoms with Crippen LogP contribution < -0.4 is 11.1 Å². The lowest BCUT2D eigenvalue weighted by Crippen LogP contribution is -2.28. The monoisotopic (exact) mass is 252 g/mol. The van der Waals surface area contributed by atoms with Crippen LogP contribution in [0.5, 0.6) is 0 Å². The molecule has 0 aliphatic carbocycles. The minimum absolute atomic E-state index is 0.597. The number of aromatic nitrogens is 2. The predicted molar refractivity (Wildman–Crippen MR) is 65.6 cm³/mol. The molecule has 1 aromatic carbocycles. The quantitative estimate of drug-likeness (QED) is 0.602. The van der Waals surface area contributed by atoms with Crippen molar-refractivity contribution < 1.29 is 0 Å². The van der Waals surface area contributed by atoms with Crippen molar-refractivity contribution in [1.29, 1.82) is 0 Å². The number of H-pyrrole nitrogens is 2. The van der Waals surface area contributed by atoms with E-state index in [2.05, 4.69) is 9.97 Å². The van der Waals surface area contributed by atoms with E-state index in [1.54, 1.807) is 12.1 Å². The molecule has 0 aliphatic heterocycles. The third-order valence-corrected chi connectivity index (χ3v) is 3.64. The van der Waals surface area contributed by atoms with Crippen LogP contribution in [0.25, 0.3) is 20.4 Å². The Bertz CT molecular complexity index is 815. The molecule has 0 aliphatic rings. The van der Waals surface area contributed by atoms with Gasteiger partial charge in [0.1, 0.15) is 4.83 Å². The molecule has 4 nitrogen and oxygen atoms in total. The second kappa shape index (κ2) is 3.20. The summed E-state index contributed by atoms with van der Waals surface area (Å²) in [5, 5.41) is 1.44. The standard InChI is InChI=1S/C10H5ClN2O2S/c11-4-1-2-6-5(3-4)7-10(16-6)13-9(15)8(14)12-7/h1-3H,(H,12,14)(H,13,15). The van der Waals surface area contributed by atoms with Gasteiger partial charge in [-0.3, -0.25) is 9.59 Å². The van der Waals surface area contributed by atoms with E-state index < -0.39 is 11.1 Å². The molecule has 0 atom stereocenters. The van der Waals surface area contributed by atoms with Crippen LogP contribution in [0.15, 0.2) is 27.8 Å². The Hall–Kier alpha value is -1.59. The van der Waals surface area contributed by atoms with Crippen LogP contribution in [-0.4, -0.2) is 9.97 Å². The molecule has 0 saturated heterocycles. The number of aromatic amines is 2. The Labute approximate surface area is 97.5 Å². The molecule has 0 radical (unpaired) electrons. The van der Waals surface area contributed by atoms with E-state index >= 15 is 0 Å². The summed E-state index contributed by atoms with van der Waals surface area (Å²) in [5.74, 6) is 0. The molecule has 2 N–H and O–H groups in total. The summed E-state index contributed by atoms with van der Waals surface area (Å²) in [6.07, 6.45) is 0. The summed E-state index contributed by atoms with van der Waals surface area (Å²) in [4.78, 5) is 28.1. The van der Waals surface area contributed by atoms with Gasteiger partial charge >= 0.3 is 11.1 Å². The van der Waals surface area contributed by atoms with Gasteiger partial charge in [0.05, 0.1) is 5.52 Å². The van der Waals surface area contributed by atoms with Crippen molar-refractivity contribution in [2.75, 3.05) is 0 Å². The van der Waals surface area contributed by atoms with Gasteiger partial charge in [-0.05, 0) is 18.2 Å². The maximum atomic E-state index is 11.2. The summed E-state index contributed by atoms with van der Waals surface area (Å²) in [6, 6.07) is 5.40. The number of hydrogen-bond donors (Lipinski definition) is 2. The highest BCUT2D eigenvalue weighted by atomic mass is 35.5. The van der Waals surface area contributed by atoms with Crippen LogP contribution in [0, 0.1) is 0 Å². The molecular formula is C10H5ClN2O2S. The second-order valence-electron chi connectivity index (χ2n) is 3.35. The predicted octanol–water partition coefficient (Wildman–Crippen LogP) is 2.08. The van der Waals surface area contributed by atoms with Gasteiger partial charge in [-0.1, -0.05) is 11.6 Å². The van der Waals surface area contributed by atoms with Crippen molar-refractivity contribution in [3.05, 3.63) is 43.9 Å². The van der Waals surface area contributed by atoms with Crippen LogP contribution in [0.3, 0.4) is 0 Å². The number of rotatable bonds is 0. The SMILES string of the molecule is O=c1[nH]c2sc3ccc(Cl)cc3c2[nH]c1=O. The molecular weight excluding hydrogens is 248 g/mol. The molecule has 0 spiro atoms. The third kappa shape index (κ3) is 1.29. The molecule has 6 heteroatoms. The second-order valence-corrected chi connectivity index (χ2v) is 4.84. The molecule has 0 saturated carbocycles. The largest absolute Gasteiger partial charge is 0.315 e. The number of hydrogen-bond acceptors (Lipinski definition) is 3. The Kier molecular flexibility index (Phi) is 1.92. The van der Waals surface area contributed by atoms with Gasteiger partial charge < -0.3 is 9.97 Å². The van der Waals surface area contributed by atoms with E-state index in [1.165, 1.54) is 11.3 Å². The van der Waals surface area contributed by atoms with Gasteiger partial charge in [-0.15, -0.1) is 11.3 Å². The van der Waals surface area contributed by atoms with Crippen LogP contribution in [0.2, 0.25) is 5.02 Å². The van der Waals surface area contributed by atoms with Crippen molar-refractivity contribution in [3.63, 3.8) is 0 Å². The Morgan fingerprint density at radius 3 is 2.69 bits per heavy atom. The van der Waals surface area contributed by atoms with E-state index in [1.807, 2.05) is 6.07 Å². The number of halogens is 1. The first-order valence-electron chi connectivity index (χ1n) is 4.49. The average Bonchev–Trinajstić information content (AvgIpc) is 2.57.